The molecule has 4 rings (SSSR count). The average Bonchev–Trinajstić information content (AvgIpc) is 3.27. The fourth-order valence-corrected chi connectivity index (χ4v) is 4.21. The van der Waals surface area contributed by atoms with E-state index in [1.165, 1.54) is 4.88 Å². The molecule has 0 fully saturated rings. The molecule has 0 spiro atoms. The molecule has 3 aromatic rings. The van der Waals surface area contributed by atoms with Gasteiger partial charge in [0.1, 0.15) is 25.6 Å². The summed E-state index contributed by atoms with van der Waals surface area (Å²) in [5.41, 5.74) is 3.24. The van der Waals surface area contributed by atoms with Crippen LogP contribution in [0.15, 0.2) is 53.9 Å². The van der Waals surface area contributed by atoms with E-state index < -0.39 is 5.97 Å². The van der Waals surface area contributed by atoms with Crippen LogP contribution in [0, 0.1) is 0 Å². The molecular weight excluding hydrogens is 414 g/mol. The summed E-state index contributed by atoms with van der Waals surface area (Å²) in [4.78, 5) is 13.8. The van der Waals surface area contributed by atoms with Crippen molar-refractivity contribution in [1.82, 2.24) is 4.90 Å². The summed E-state index contributed by atoms with van der Waals surface area (Å²) in [5.74, 6) is 1.52. The number of likely N-dealkylation sites (N-methyl/N-ethyl adjacent to an activating group) is 1. The molecule has 1 aromatic heterocycles. The Bertz CT molecular complexity index is 1030. The summed E-state index contributed by atoms with van der Waals surface area (Å²) in [6.07, 6.45) is 0.774. The number of carbonyl (C=O) groups is 1. The second kappa shape index (κ2) is 9.85. The summed E-state index contributed by atoms with van der Waals surface area (Å²) < 4.78 is 17.4. The van der Waals surface area contributed by atoms with E-state index in [0.29, 0.717) is 26.4 Å². The first kappa shape index (κ1) is 21.2. The first-order valence-electron chi connectivity index (χ1n) is 10.2. The van der Waals surface area contributed by atoms with E-state index in [-0.39, 0.29) is 6.54 Å². The molecule has 31 heavy (non-hydrogen) atoms. The SMILES string of the molecule is CN(CCOc1ccc(-c2ccc3c(c2)OCCO3)cc1Cc1cccs1)CC(=O)O. The Morgan fingerprint density at radius 2 is 1.87 bits per heavy atom. The normalized spacial score (nSPS) is 12.7. The molecule has 0 bridgehead atoms. The van der Waals surface area contributed by atoms with Crippen LogP contribution in [0.3, 0.4) is 0 Å². The van der Waals surface area contributed by atoms with Gasteiger partial charge in [-0.15, -0.1) is 11.3 Å². The van der Waals surface area contributed by atoms with Crippen molar-refractivity contribution in [3.05, 3.63) is 64.4 Å². The number of carboxylic acid groups (broad SMARTS) is 1. The van der Waals surface area contributed by atoms with Crippen molar-refractivity contribution in [3.63, 3.8) is 0 Å². The van der Waals surface area contributed by atoms with Gasteiger partial charge in [0.05, 0.1) is 6.54 Å². The highest BCUT2D eigenvalue weighted by atomic mass is 32.1. The summed E-state index contributed by atoms with van der Waals surface area (Å²) >= 11 is 1.72. The van der Waals surface area contributed by atoms with Crippen LogP contribution < -0.4 is 14.2 Å². The van der Waals surface area contributed by atoms with Gasteiger partial charge in [-0.2, -0.15) is 0 Å². The molecule has 6 nitrogen and oxygen atoms in total. The number of aliphatic carboxylic acids is 1. The van der Waals surface area contributed by atoms with E-state index in [9.17, 15) is 4.79 Å². The van der Waals surface area contributed by atoms with Gasteiger partial charge in [0.2, 0.25) is 0 Å². The highest BCUT2D eigenvalue weighted by Gasteiger charge is 2.14. The molecule has 162 valence electrons. The third kappa shape index (κ3) is 5.57. The molecule has 2 heterocycles. The molecule has 7 heteroatoms. The summed E-state index contributed by atoms with van der Waals surface area (Å²) in [7, 11) is 1.77. The van der Waals surface area contributed by atoms with Crippen LogP contribution in [0.4, 0.5) is 0 Å². The largest absolute Gasteiger partial charge is 0.492 e. The van der Waals surface area contributed by atoms with Crippen LogP contribution >= 0.6 is 11.3 Å². The number of rotatable bonds is 9. The average molecular weight is 440 g/mol. The summed E-state index contributed by atoms with van der Waals surface area (Å²) in [6, 6.07) is 16.4. The monoisotopic (exact) mass is 439 g/mol. The van der Waals surface area contributed by atoms with Crippen LogP contribution in [-0.2, 0) is 11.2 Å². The maximum Gasteiger partial charge on any atom is 0.317 e. The number of carboxylic acids is 1. The molecule has 0 radical (unpaired) electrons. The van der Waals surface area contributed by atoms with Gasteiger partial charge in [-0.25, -0.2) is 0 Å². The Labute approximate surface area is 185 Å². The van der Waals surface area contributed by atoms with Crippen LogP contribution in [0.25, 0.3) is 11.1 Å². The molecule has 0 unspecified atom stereocenters. The number of ether oxygens (including phenoxy) is 3. The lowest BCUT2D eigenvalue weighted by Gasteiger charge is -2.19. The molecule has 2 aromatic carbocycles. The summed E-state index contributed by atoms with van der Waals surface area (Å²) in [5, 5.41) is 11.0. The van der Waals surface area contributed by atoms with Crippen LogP contribution in [-0.4, -0.2) is 55.9 Å². The molecular formula is C24H25NO5S. The van der Waals surface area contributed by atoms with Crippen LogP contribution in [0.5, 0.6) is 17.2 Å². The van der Waals surface area contributed by atoms with E-state index in [0.717, 1.165) is 40.4 Å². The van der Waals surface area contributed by atoms with Gasteiger partial charge in [-0.3, -0.25) is 9.69 Å². The van der Waals surface area contributed by atoms with Crippen molar-refractivity contribution in [2.24, 2.45) is 0 Å². The Balaban J connectivity index is 1.55. The van der Waals surface area contributed by atoms with Crippen LogP contribution in [0.1, 0.15) is 10.4 Å². The zero-order chi connectivity index (χ0) is 21.6. The van der Waals surface area contributed by atoms with Crippen molar-refractivity contribution in [2.45, 2.75) is 6.42 Å². The van der Waals surface area contributed by atoms with Gasteiger partial charge in [-0.1, -0.05) is 18.2 Å². The zero-order valence-electron chi connectivity index (χ0n) is 17.4. The number of hydrogen-bond donors (Lipinski definition) is 1. The van der Waals surface area contributed by atoms with Crippen molar-refractivity contribution >= 4 is 17.3 Å². The Morgan fingerprint density at radius 3 is 2.65 bits per heavy atom. The third-order valence-electron chi connectivity index (χ3n) is 5.02. The summed E-state index contributed by atoms with van der Waals surface area (Å²) in [6.45, 7) is 2.09. The zero-order valence-corrected chi connectivity index (χ0v) is 18.2. The predicted molar refractivity (Wildman–Crippen MR) is 121 cm³/mol. The molecule has 0 amide bonds. The second-order valence-corrected chi connectivity index (χ2v) is 8.45. The number of nitrogens with zero attached hydrogens (tertiary/aromatic N) is 1. The highest BCUT2D eigenvalue weighted by Crippen LogP contribution is 2.36. The molecule has 0 saturated carbocycles. The molecule has 1 aliphatic rings. The number of thiophene rings is 1. The third-order valence-corrected chi connectivity index (χ3v) is 5.89. The first-order valence-corrected chi connectivity index (χ1v) is 11.0. The molecule has 0 saturated heterocycles. The Kier molecular flexibility index (Phi) is 6.74. The lowest BCUT2D eigenvalue weighted by Crippen LogP contribution is -2.29. The molecule has 0 aliphatic carbocycles. The van der Waals surface area contributed by atoms with Crippen molar-refractivity contribution in [3.8, 4) is 28.4 Å². The van der Waals surface area contributed by atoms with Crippen molar-refractivity contribution in [2.75, 3.05) is 40.0 Å². The number of fused-ring (bicyclic) bond motifs is 1. The van der Waals surface area contributed by atoms with Crippen molar-refractivity contribution in [1.29, 1.82) is 0 Å². The maximum atomic E-state index is 10.8. The Morgan fingerprint density at radius 1 is 1.10 bits per heavy atom. The quantitative estimate of drug-likeness (QED) is 0.540. The first-order chi connectivity index (χ1) is 15.1. The molecule has 0 atom stereocenters. The van der Waals surface area contributed by atoms with E-state index in [2.05, 4.69) is 17.5 Å². The smallest absolute Gasteiger partial charge is 0.317 e. The second-order valence-electron chi connectivity index (χ2n) is 7.42. The number of hydrogen-bond acceptors (Lipinski definition) is 6. The minimum atomic E-state index is -0.843. The molecule has 1 N–H and O–H groups in total. The fourth-order valence-electron chi connectivity index (χ4n) is 3.48. The van der Waals surface area contributed by atoms with Gasteiger partial charge < -0.3 is 19.3 Å². The Hall–Kier alpha value is -3.03. The highest BCUT2D eigenvalue weighted by molar-refractivity contribution is 7.09. The van der Waals surface area contributed by atoms with Gasteiger partial charge >= 0.3 is 5.97 Å². The van der Waals surface area contributed by atoms with E-state index in [4.69, 9.17) is 19.3 Å². The number of benzene rings is 2. The standard InChI is InChI=1S/C24H25NO5S/c1-25(16-24(26)27)8-9-28-21-6-4-17(13-19(21)14-20-3-2-12-31-20)18-5-7-22-23(15-18)30-11-10-29-22/h2-7,12-13,15H,8-11,14,16H2,1H3,(H,26,27). The van der Waals surface area contributed by atoms with E-state index in [1.807, 2.05) is 36.4 Å². The lowest BCUT2D eigenvalue weighted by molar-refractivity contribution is -0.138. The fraction of sp³-hybridized carbons (Fsp3) is 0.292. The van der Waals surface area contributed by atoms with Gasteiger partial charge in [0.25, 0.3) is 0 Å². The van der Waals surface area contributed by atoms with Gasteiger partial charge in [0, 0.05) is 17.8 Å². The van der Waals surface area contributed by atoms with Gasteiger partial charge in [-0.05, 0) is 59.4 Å². The van der Waals surface area contributed by atoms with Crippen molar-refractivity contribution < 1.29 is 24.1 Å². The lowest BCUT2D eigenvalue weighted by atomic mass is 10.00. The molecule has 1 aliphatic heterocycles. The van der Waals surface area contributed by atoms with E-state index >= 15 is 0 Å². The minimum Gasteiger partial charge on any atom is -0.492 e. The van der Waals surface area contributed by atoms with Crippen LogP contribution in [0.2, 0.25) is 0 Å². The maximum absolute atomic E-state index is 10.8. The minimum absolute atomic E-state index is 0.00549. The topological polar surface area (TPSA) is 68.2 Å². The predicted octanol–water partition coefficient (Wildman–Crippen LogP) is 4.17. The van der Waals surface area contributed by atoms with E-state index in [1.54, 1.807) is 23.3 Å². The van der Waals surface area contributed by atoms with Gasteiger partial charge in [0.15, 0.2) is 11.5 Å².